The lowest BCUT2D eigenvalue weighted by atomic mass is 9.43. The van der Waals surface area contributed by atoms with E-state index in [1.807, 2.05) is 20.8 Å². The first-order valence-electron chi connectivity index (χ1n) is 8.66. The van der Waals surface area contributed by atoms with E-state index >= 15 is 0 Å². The monoisotopic (exact) mass is 321 g/mol. The van der Waals surface area contributed by atoms with Gasteiger partial charge in [0.05, 0.1) is 11.3 Å². The van der Waals surface area contributed by atoms with Crippen LogP contribution in [0.2, 0.25) is 0 Å². The molecule has 3 aliphatic rings. The lowest BCUT2D eigenvalue weighted by molar-refractivity contribution is -0.511. The highest BCUT2D eigenvalue weighted by atomic mass is 16.6. The van der Waals surface area contributed by atoms with E-state index in [4.69, 9.17) is 0 Å². The number of allylic oxidation sites excluding steroid dienone is 2. The molecule has 128 valence electrons. The van der Waals surface area contributed by atoms with Crippen LogP contribution in [0.4, 0.5) is 0 Å². The molecule has 0 aromatic rings. The van der Waals surface area contributed by atoms with Crippen LogP contribution in [0.1, 0.15) is 52.9 Å². The summed E-state index contributed by atoms with van der Waals surface area (Å²) in [6.07, 6.45) is 9.84. The van der Waals surface area contributed by atoms with Gasteiger partial charge in [-0.15, -0.1) is 0 Å². The molecule has 0 aliphatic heterocycles. The van der Waals surface area contributed by atoms with Gasteiger partial charge in [0.25, 0.3) is 0 Å². The Balaban J connectivity index is 1.97. The second kappa shape index (κ2) is 5.05. The van der Waals surface area contributed by atoms with Gasteiger partial charge in [-0.1, -0.05) is 45.8 Å². The first kappa shape index (κ1) is 16.5. The van der Waals surface area contributed by atoms with Crippen molar-refractivity contribution in [3.05, 3.63) is 22.3 Å². The molecule has 0 bridgehead atoms. The number of hydrogen-bond acceptors (Lipinski definition) is 3. The summed E-state index contributed by atoms with van der Waals surface area (Å²) in [5.74, 6) is -1.12. The Bertz CT molecular complexity index is 556. The molecule has 0 aromatic carbocycles. The molecule has 1 spiro atoms. The predicted molar refractivity (Wildman–Crippen MR) is 86.5 cm³/mol. The zero-order valence-electron chi connectivity index (χ0n) is 14.2. The number of fused-ring (bicyclic) bond motifs is 2. The zero-order chi connectivity index (χ0) is 17.0. The van der Waals surface area contributed by atoms with Crippen molar-refractivity contribution in [2.45, 2.75) is 52.9 Å². The summed E-state index contributed by atoms with van der Waals surface area (Å²) in [5, 5.41) is 21.2. The molecule has 1 N–H and O–H groups in total. The molecule has 3 rings (SSSR count). The van der Waals surface area contributed by atoms with Gasteiger partial charge in [0.15, 0.2) is 0 Å². The van der Waals surface area contributed by atoms with E-state index in [0.29, 0.717) is 12.3 Å². The van der Waals surface area contributed by atoms with Crippen molar-refractivity contribution in [1.29, 1.82) is 0 Å². The number of carboxylic acids is 1. The quantitative estimate of drug-likeness (QED) is 0.485. The fourth-order valence-electron chi connectivity index (χ4n) is 6.08. The summed E-state index contributed by atoms with van der Waals surface area (Å²) < 4.78 is 0. The standard InChI is InChI=1S/C18H27NO4/c1-16(2,3)14(15(20)21)18(11-19(22)23)10-13-12(18)6-9-17(13)7-4-5-8-17/h6,9,12-14H,4-5,7-8,10-11H2,1-3H3,(H,20,21)/t12-,13+,14?,18+/m1/s1. The van der Waals surface area contributed by atoms with Crippen molar-refractivity contribution in [2.24, 2.45) is 34.0 Å². The third-order valence-electron chi connectivity index (χ3n) is 6.72. The number of nitrogens with zero attached hydrogens (tertiary/aromatic N) is 1. The minimum Gasteiger partial charge on any atom is -0.481 e. The van der Waals surface area contributed by atoms with Crippen LogP contribution in [0.3, 0.4) is 0 Å². The molecule has 5 heteroatoms. The molecule has 4 atom stereocenters. The van der Waals surface area contributed by atoms with E-state index in [2.05, 4.69) is 12.2 Å². The van der Waals surface area contributed by atoms with Crippen LogP contribution in [0.25, 0.3) is 0 Å². The Morgan fingerprint density at radius 1 is 1.39 bits per heavy atom. The Morgan fingerprint density at radius 3 is 2.48 bits per heavy atom. The molecule has 0 radical (unpaired) electrons. The van der Waals surface area contributed by atoms with Crippen molar-refractivity contribution in [2.75, 3.05) is 6.54 Å². The van der Waals surface area contributed by atoms with Gasteiger partial charge in [0.1, 0.15) is 0 Å². The number of hydrogen-bond donors (Lipinski definition) is 1. The molecular formula is C18H27NO4. The number of nitro groups is 1. The maximum absolute atomic E-state index is 12.0. The molecule has 0 heterocycles. The number of carboxylic acid groups (broad SMARTS) is 1. The van der Waals surface area contributed by atoms with Crippen LogP contribution in [0, 0.1) is 44.1 Å². The highest BCUT2D eigenvalue weighted by molar-refractivity contribution is 5.72. The summed E-state index contributed by atoms with van der Waals surface area (Å²) in [5.41, 5.74) is -1.03. The molecule has 23 heavy (non-hydrogen) atoms. The molecule has 2 fully saturated rings. The minimum atomic E-state index is -0.890. The molecule has 0 amide bonds. The first-order chi connectivity index (χ1) is 10.6. The summed E-state index contributed by atoms with van der Waals surface area (Å²) in [6.45, 7) is 5.45. The highest BCUT2D eigenvalue weighted by Crippen LogP contribution is 2.70. The van der Waals surface area contributed by atoms with E-state index in [9.17, 15) is 20.0 Å². The van der Waals surface area contributed by atoms with Crippen molar-refractivity contribution < 1.29 is 14.8 Å². The van der Waals surface area contributed by atoms with Gasteiger partial charge < -0.3 is 5.11 Å². The van der Waals surface area contributed by atoms with E-state index in [0.717, 1.165) is 12.8 Å². The van der Waals surface area contributed by atoms with Crippen LogP contribution in [0.15, 0.2) is 12.2 Å². The van der Waals surface area contributed by atoms with E-state index in [1.165, 1.54) is 12.8 Å². The van der Waals surface area contributed by atoms with Gasteiger partial charge in [0, 0.05) is 4.92 Å². The van der Waals surface area contributed by atoms with E-state index in [1.54, 1.807) is 0 Å². The van der Waals surface area contributed by atoms with Crippen LogP contribution in [0.5, 0.6) is 0 Å². The minimum absolute atomic E-state index is 0.0475. The van der Waals surface area contributed by atoms with Gasteiger partial charge in [-0.2, -0.15) is 0 Å². The lowest BCUT2D eigenvalue weighted by Gasteiger charge is -2.58. The van der Waals surface area contributed by atoms with Crippen LogP contribution in [-0.4, -0.2) is 22.5 Å². The van der Waals surface area contributed by atoms with Crippen LogP contribution in [-0.2, 0) is 4.79 Å². The third-order valence-corrected chi connectivity index (χ3v) is 6.72. The van der Waals surface area contributed by atoms with E-state index in [-0.39, 0.29) is 22.8 Å². The Hall–Kier alpha value is -1.39. The fraction of sp³-hybridized carbons (Fsp3) is 0.833. The highest BCUT2D eigenvalue weighted by Gasteiger charge is 2.69. The maximum Gasteiger partial charge on any atom is 0.307 e. The zero-order valence-corrected chi connectivity index (χ0v) is 14.2. The summed E-state index contributed by atoms with van der Waals surface area (Å²) in [6, 6.07) is 0. The van der Waals surface area contributed by atoms with E-state index < -0.39 is 22.7 Å². The normalized spacial score (nSPS) is 35.8. The molecule has 5 nitrogen and oxygen atoms in total. The third kappa shape index (κ3) is 2.31. The first-order valence-corrected chi connectivity index (χ1v) is 8.66. The average Bonchev–Trinajstić information content (AvgIpc) is 2.93. The van der Waals surface area contributed by atoms with Crippen molar-refractivity contribution >= 4 is 5.97 Å². The second-order valence-electron chi connectivity index (χ2n) is 9.00. The molecule has 0 aromatic heterocycles. The van der Waals surface area contributed by atoms with Crippen molar-refractivity contribution in [3.8, 4) is 0 Å². The Kier molecular flexibility index (Phi) is 3.62. The summed E-state index contributed by atoms with van der Waals surface area (Å²) in [7, 11) is 0. The van der Waals surface area contributed by atoms with Gasteiger partial charge in [0.2, 0.25) is 6.54 Å². The van der Waals surface area contributed by atoms with Gasteiger partial charge in [-0.05, 0) is 41.9 Å². The predicted octanol–water partition coefficient (Wildman–Crippen LogP) is 3.76. The van der Waals surface area contributed by atoms with Crippen molar-refractivity contribution in [3.63, 3.8) is 0 Å². The smallest absolute Gasteiger partial charge is 0.307 e. The molecule has 0 saturated heterocycles. The fourth-order valence-corrected chi connectivity index (χ4v) is 6.08. The van der Waals surface area contributed by atoms with Crippen molar-refractivity contribution in [1.82, 2.24) is 0 Å². The summed E-state index contributed by atoms with van der Waals surface area (Å²) in [4.78, 5) is 23.1. The number of aliphatic carboxylic acids is 1. The largest absolute Gasteiger partial charge is 0.481 e. The average molecular weight is 321 g/mol. The van der Waals surface area contributed by atoms with Gasteiger partial charge >= 0.3 is 5.97 Å². The topological polar surface area (TPSA) is 80.4 Å². The van der Waals surface area contributed by atoms with Gasteiger partial charge in [-0.3, -0.25) is 14.9 Å². The maximum atomic E-state index is 12.0. The number of rotatable bonds is 4. The lowest BCUT2D eigenvalue weighted by Crippen LogP contribution is -2.61. The van der Waals surface area contributed by atoms with Crippen LogP contribution >= 0.6 is 0 Å². The molecule has 3 aliphatic carbocycles. The second-order valence-corrected chi connectivity index (χ2v) is 9.00. The Labute approximate surface area is 137 Å². The van der Waals surface area contributed by atoms with Crippen LogP contribution < -0.4 is 0 Å². The number of carbonyl (C=O) groups is 1. The molecule has 1 unspecified atom stereocenters. The summed E-state index contributed by atoms with van der Waals surface area (Å²) >= 11 is 0. The molecular weight excluding hydrogens is 294 g/mol. The SMILES string of the molecule is CC(C)(C)C(C(=O)O)[C@]1(C[N+](=O)[O-])C[C@H]2[C@H]1C=CC21CCCC1. The van der Waals surface area contributed by atoms with Gasteiger partial charge in [-0.25, -0.2) is 0 Å². The molecule has 2 saturated carbocycles. The Morgan fingerprint density at radius 2 is 2.00 bits per heavy atom.